The molecular formula is C25H23FN2O4. The minimum absolute atomic E-state index is 0.186. The molecule has 0 aliphatic carbocycles. The van der Waals surface area contributed by atoms with Crippen LogP contribution in [-0.4, -0.2) is 43.2 Å². The monoisotopic (exact) mass is 434 g/mol. The molecule has 0 spiro atoms. The van der Waals surface area contributed by atoms with Crippen LogP contribution in [0.25, 0.3) is 17.3 Å². The quantitative estimate of drug-likeness (QED) is 0.559. The van der Waals surface area contributed by atoms with Crippen LogP contribution in [0.5, 0.6) is 17.4 Å². The van der Waals surface area contributed by atoms with Crippen LogP contribution < -0.4 is 14.2 Å². The topological polar surface area (TPSA) is 60.9 Å². The van der Waals surface area contributed by atoms with E-state index in [9.17, 15) is 9.18 Å². The van der Waals surface area contributed by atoms with E-state index in [0.717, 1.165) is 16.8 Å². The van der Waals surface area contributed by atoms with Crippen molar-refractivity contribution >= 4 is 12.0 Å². The lowest BCUT2D eigenvalue weighted by molar-refractivity contribution is -0.126. The van der Waals surface area contributed by atoms with Gasteiger partial charge in [-0.2, -0.15) is 0 Å². The number of halogens is 1. The SMILES string of the molecule is COc1cccc(-c2cc3c(c(OC)c2)OCCN(C(=O)C=Cc2cccc(F)c2)C3)n1. The fourth-order valence-electron chi connectivity index (χ4n) is 3.54. The maximum Gasteiger partial charge on any atom is 0.246 e. The molecule has 0 atom stereocenters. The third-order valence-corrected chi connectivity index (χ3v) is 5.13. The summed E-state index contributed by atoms with van der Waals surface area (Å²) in [4.78, 5) is 19.0. The lowest BCUT2D eigenvalue weighted by Crippen LogP contribution is -2.30. The van der Waals surface area contributed by atoms with Gasteiger partial charge in [0.15, 0.2) is 11.5 Å². The predicted molar refractivity (Wildman–Crippen MR) is 119 cm³/mol. The molecule has 0 saturated heterocycles. The van der Waals surface area contributed by atoms with E-state index in [0.29, 0.717) is 42.6 Å². The van der Waals surface area contributed by atoms with Crippen molar-refractivity contribution in [2.75, 3.05) is 27.4 Å². The molecule has 6 nitrogen and oxygen atoms in total. The Morgan fingerprint density at radius 3 is 2.75 bits per heavy atom. The lowest BCUT2D eigenvalue weighted by Gasteiger charge is -2.18. The maximum absolute atomic E-state index is 13.4. The zero-order valence-electron chi connectivity index (χ0n) is 17.9. The number of pyridine rings is 1. The van der Waals surface area contributed by atoms with E-state index in [1.165, 1.54) is 18.2 Å². The number of aromatic nitrogens is 1. The highest BCUT2D eigenvalue weighted by molar-refractivity contribution is 5.92. The van der Waals surface area contributed by atoms with Crippen LogP contribution in [0, 0.1) is 5.82 Å². The molecule has 0 unspecified atom stereocenters. The second-order valence-electron chi connectivity index (χ2n) is 7.23. The first-order valence-corrected chi connectivity index (χ1v) is 10.1. The summed E-state index contributed by atoms with van der Waals surface area (Å²) in [5, 5.41) is 0. The van der Waals surface area contributed by atoms with Gasteiger partial charge in [-0.05, 0) is 42.0 Å². The minimum Gasteiger partial charge on any atom is -0.493 e. The van der Waals surface area contributed by atoms with E-state index in [-0.39, 0.29) is 11.7 Å². The lowest BCUT2D eigenvalue weighted by atomic mass is 10.0. The van der Waals surface area contributed by atoms with Crippen molar-refractivity contribution in [1.29, 1.82) is 0 Å². The number of nitrogens with zero attached hydrogens (tertiary/aromatic N) is 2. The molecule has 0 N–H and O–H groups in total. The summed E-state index contributed by atoms with van der Waals surface area (Å²) in [6, 6.07) is 15.4. The molecule has 0 saturated carbocycles. The number of benzene rings is 2. The summed E-state index contributed by atoms with van der Waals surface area (Å²) >= 11 is 0. The first kappa shape index (κ1) is 21.4. The average Bonchev–Trinajstić information content (AvgIpc) is 3.04. The molecule has 2 heterocycles. The highest BCUT2D eigenvalue weighted by atomic mass is 19.1. The molecule has 3 aromatic rings. The zero-order valence-corrected chi connectivity index (χ0v) is 17.9. The normalized spacial score (nSPS) is 13.3. The van der Waals surface area contributed by atoms with Crippen molar-refractivity contribution in [2.45, 2.75) is 6.54 Å². The number of methoxy groups -OCH3 is 2. The number of ether oxygens (including phenoxy) is 3. The zero-order chi connectivity index (χ0) is 22.5. The van der Waals surface area contributed by atoms with Crippen molar-refractivity contribution in [3.05, 3.63) is 77.6 Å². The maximum atomic E-state index is 13.4. The highest BCUT2D eigenvalue weighted by Crippen LogP contribution is 2.38. The summed E-state index contributed by atoms with van der Waals surface area (Å²) in [7, 11) is 3.15. The summed E-state index contributed by atoms with van der Waals surface area (Å²) in [5.74, 6) is 1.17. The molecule has 1 aliphatic rings. The van der Waals surface area contributed by atoms with Gasteiger partial charge in [0, 0.05) is 29.8 Å². The Bertz CT molecular complexity index is 1160. The summed E-state index contributed by atoms with van der Waals surface area (Å²) in [6.45, 7) is 1.09. The van der Waals surface area contributed by atoms with Gasteiger partial charge in [-0.3, -0.25) is 4.79 Å². The Balaban J connectivity index is 1.62. The molecule has 1 aromatic heterocycles. The van der Waals surface area contributed by atoms with Gasteiger partial charge in [-0.25, -0.2) is 9.37 Å². The molecule has 164 valence electrons. The second kappa shape index (κ2) is 9.51. The Hall–Kier alpha value is -3.87. The van der Waals surface area contributed by atoms with E-state index in [1.54, 1.807) is 43.4 Å². The molecular weight excluding hydrogens is 411 g/mol. The third kappa shape index (κ3) is 4.72. The molecule has 7 heteroatoms. The van der Waals surface area contributed by atoms with E-state index < -0.39 is 0 Å². The summed E-state index contributed by atoms with van der Waals surface area (Å²) in [5.41, 5.74) is 2.98. The third-order valence-electron chi connectivity index (χ3n) is 5.13. The molecule has 0 fully saturated rings. The van der Waals surface area contributed by atoms with E-state index in [2.05, 4.69) is 4.98 Å². The van der Waals surface area contributed by atoms with Gasteiger partial charge >= 0.3 is 0 Å². The van der Waals surface area contributed by atoms with Crippen LogP contribution >= 0.6 is 0 Å². The van der Waals surface area contributed by atoms with Crippen LogP contribution in [0.2, 0.25) is 0 Å². The Morgan fingerprint density at radius 2 is 1.97 bits per heavy atom. The van der Waals surface area contributed by atoms with Gasteiger partial charge in [-0.15, -0.1) is 0 Å². The van der Waals surface area contributed by atoms with Crippen molar-refractivity contribution in [2.24, 2.45) is 0 Å². The van der Waals surface area contributed by atoms with Crippen LogP contribution in [0.4, 0.5) is 4.39 Å². The Labute approximate surface area is 185 Å². The van der Waals surface area contributed by atoms with Crippen molar-refractivity contribution in [3.63, 3.8) is 0 Å². The van der Waals surface area contributed by atoms with Crippen LogP contribution in [0.3, 0.4) is 0 Å². The van der Waals surface area contributed by atoms with E-state index in [1.807, 2.05) is 24.3 Å². The van der Waals surface area contributed by atoms with Gasteiger partial charge in [0.05, 0.1) is 26.5 Å². The number of hydrogen-bond donors (Lipinski definition) is 0. The smallest absolute Gasteiger partial charge is 0.246 e. The van der Waals surface area contributed by atoms with Crippen molar-refractivity contribution < 1.29 is 23.4 Å². The van der Waals surface area contributed by atoms with Crippen LogP contribution in [-0.2, 0) is 11.3 Å². The number of carbonyl (C=O) groups excluding carboxylic acids is 1. The number of amides is 1. The predicted octanol–water partition coefficient (Wildman–Crippen LogP) is 4.34. The van der Waals surface area contributed by atoms with Crippen molar-refractivity contribution in [3.8, 4) is 28.6 Å². The molecule has 0 bridgehead atoms. The second-order valence-corrected chi connectivity index (χ2v) is 7.23. The van der Waals surface area contributed by atoms with Crippen LogP contribution in [0.15, 0.2) is 60.7 Å². The first-order valence-electron chi connectivity index (χ1n) is 10.1. The Morgan fingerprint density at radius 1 is 1.12 bits per heavy atom. The summed E-state index contributed by atoms with van der Waals surface area (Å²) < 4.78 is 30.1. The molecule has 1 amide bonds. The number of rotatable bonds is 5. The van der Waals surface area contributed by atoms with Gasteiger partial charge in [0.25, 0.3) is 0 Å². The fourth-order valence-corrected chi connectivity index (χ4v) is 3.54. The number of hydrogen-bond acceptors (Lipinski definition) is 5. The highest BCUT2D eigenvalue weighted by Gasteiger charge is 2.23. The Kier molecular flexibility index (Phi) is 6.35. The molecule has 1 aliphatic heterocycles. The standard InChI is InChI=1S/C25H23FN2O4/c1-30-22-15-18(21-7-4-8-23(27-21)31-2)14-19-16-28(11-12-32-25(19)22)24(29)10-9-17-5-3-6-20(26)13-17/h3-10,13-15H,11-12,16H2,1-2H3. The van der Waals surface area contributed by atoms with Crippen LogP contribution in [0.1, 0.15) is 11.1 Å². The molecule has 4 rings (SSSR count). The fraction of sp³-hybridized carbons (Fsp3) is 0.200. The number of fused-ring (bicyclic) bond motifs is 1. The first-order chi connectivity index (χ1) is 15.6. The van der Waals surface area contributed by atoms with Gasteiger partial charge < -0.3 is 19.1 Å². The summed E-state index contributed by atoms with van der Waals surface area (Å²) in [6.07, 6.45) is 3.06. The van der Waals surface area contributed by atoms with Crippen molar-refractivity contribution in [1.82, 2.24) is 9.88 Å². The minimum atomic E-state index is -0.345. The molecule has 0 radical (unpaired) electrons. The van der Waals surface area contributed by atoms with Gasteiger partial charge in [-0.1, -0.05) is 18.2 Å². The molecule has 2 aromatic carbocycles. The van der Waals surface area contributed by atoms with Gasteiger partial charge in [0.2, 0.25) is 11.8 Å². The largest absolute Gasteiger partial charge is 0.493 e. The average molecular weight is 434 g/mol. The van der Waals surface area contributed by atoms with Gasteiger partial charge in [0.1, 0.15) is 12.4 Å². The van der Waals surface area contributed by atoms with E-state index >= 15 is 0 Å². The molecule has 32 heavy (non-hydrogen) atoms. The van der Waals surface area contributed by atoms with E-state index in [4.69, 9.17) is 14.2 Å². The number of carbonyl (C=O) groups is 1.